The molecule has 10 heteroatoms. The van der Waals surface area contributed by atoms with Crippen LogP contribution < -0.4 is 15.4 Å². The summed E-state index contributed by atoms with van der Waals surface area (Å²) in [6.07, 6.45) is 2.46. The van der Waals surface area contributed by atoms with Crippen LogP contribution in [0.4, 0.5) is 9.18 Å². The third-order valence-corrected chi connectivity index (χ3v) is 8.92. The van der Waals surface area contributed by atoms with E-state index < -0.39 is 17.4 Å². The van der Waals surface area contributed by atoms with E-state index in [-0.39, 0.29) is 29.4 Å². The number of carbonyl (C=O) groups is 2. The van der Waals surface area contributed by atoms with Crippen LogP contribution >= 0.6 is 23.2 Å². The average molecular weight is 586 g/mol. The van der Waals surface area contributed by atoms with Crippen molar-refractivity contribution < 1.29 is 18.7 Å². The van der Waals surface area contributed by atoms with Gasteiger partial charge in [0.05, 0.1) is 27.3 Å². The zero-order chi connectivity index (χ0) is 28.4. The molecule has 0 spiro atoms. The van der Waals surface area contributed by atoms with Gasteiger partial charge in [0.15, 0.2) is 5.78 Å². The summed E-state index contributed by atoms with van der Waals surface area (Å²) in [7, 11) is 1.66. The fourth-order valence-electron chi connectivity index (χ4n) is 5.74. The Balaban J connectivity index is 1.43. The van der Waals surface area contributed by atoms with Gasteiger partial charge in [0.1, 0.15) is 11.6 Å². The molecule has 40 heavy (non-hydrogen) atoms. The molecule has 2 unspecified atom stereocenters. The minimum Gasteiger partial charge on any atom is -0.410 e. The van der Waals surface area contributed by atoms with Crippen LogP contribution in [0.15, 0.2) is 60.8 Å². The van der Waals surface area contributed by atoms with E-state index in [4.69, 9.17) is 27.9 Å². The molecule has 3 aromatic rings. The van der Waals surface area contributed by atoms with Crippen molar-refractivity contribution in [1.82, 2.24) is 20.5 Å². The predicted octanol–water partition coefficient (Wildman–Crippen LogP) is 6.03. The lowest BCUT2D eigenvalue weighted by Gasteiger charge is -2.40. The number of aromatic nitrogens is 1. The van der Waals surface area contributed by atoms with Gasteiger partial charge in [-0.3, -0.25) is 9.78 Å². The minimum absolute atomic E-state index is 0.00166. The number of rotatable bonds is 6. The van der Waals surface area contributed by atoms with Gasteiger partial charge in [0.2, 0.25) is 0 Å². The molecule has 2 aromatic carbocycles. The molecule has 7 nitrogen and oxygen atoms in total. The Labute approximate surface area is 243 Å². The van der Waals surface area contributed by atoms with E-state index in [1.165, 1.54) is 29.2 Å². The Morgan fingerprint density at radius 3 is 2.60 bits per heavy atom. The van der Waals surface area contributed by atoms with Gasteiger partial charge in [-0.25, -0.2) is 9.18 Å². The second-order valence-corrected chi connectivity index (χ2v) is 11.4. The van der Waals surface area contributed by atoms with Crippen LogP contribution in [-0.4, -0.2) is 54.0 Å². The smallest absolute Gasteiger partial charge is 0.410 e. The highest BCUT2D eigenvalue weighted by molar-refractivity contribution is 6.42. The molecule has 2 aliphatic rings. The molecule has 3 heterocycles. The molecule has 0 aliphatic carbocycles. The number of pyridine rings is 1. The number of hydrogen-bond donors (Lipinski definition) is 2. The number of amides is 1. The Morgan fingerprint density at radius 2 is 1.88 bits per heavy atom. The lowest BCUT2D eigenvalue weighted by Crippen LogP contribution is -2.53. The predicted molar refractivity (Wildman–Crippen MR) is 153 cm³/mol. The molecule has 210 valence electrons. The maximum atomic E-state index is 14.1. The van der Waals surface area contributed by atoms with Crippen LogP contribution in [0.5, 0.6) is 5.75 Å². The first-order chi connectivity index (χ1) is 19.2. The molecule has 1 aromatic heterocycles. The van der Waals surface area contributed by atoms with Gasteiger partial charge in [0.25, 0.3) is 0 Å². The first-order valence-corrected chi connectivity index (χ1v) is 14.0. The van der Waals surface area contributed by atoms with Crippen LogP contribution in [0.3, 0.4) is 0 Å². The van der Waals surface area contributed by atoms with Crippen molar-refractivity contribution in [3.63, 3.8) is 0 Å². The number of carbonyl (C=O) groups excluding carboxylic acids is 2. The molecular weight excluding hydrogens is 554 g/mol. The van der Waals surface area contributed by atoms with Crippen LogP contribution in [-0.2, 0) is 0 Å². The van der Waals surface area contributed by atoms with Gasteiger partial charge in [-0.15, -0.1) is 0 Å². The summed E-state index contributed by atoms with van der Waals surface area (Å²) in [4.78, 5) is 33.3. The summed E-state index contributed by atoms with van der Waals surface area (Å²) in [5.41, 5.74) is 1.40. The topological polar surface area (TPSA) is 83.6 Å². The zero-order valence-corrected chi connectivity index (χ0v) is 23.8. The molecule has 4 atom stereocenters. The number of halogens is 3. The zero-order valence-electron chi connectivity index (χ0n) is 22.3. The number of nitrogens with one attached hydrogen (secondary N) is 2. The average Bonchev–Trinajstić information content (AvgIpc) is 3.37. The Bertz CT molecular complexity index is 1390. The van der Waals surface area contributed by atoms with Crippen molar-refractivity contribution >= 4 is 35.1 Å². The van der Waals surface area contributed by atoms with E-state index in [1.54, 1.807) is 25.4 Å². The van der Waals surface area contributed by atoms with Gasteiger partial charge < -0.3 is 20.3 Å². The number of piperidine rings is 1. The van der Waals surface area contributed by atoms with Gasteiger partial charge in [0, 0.05) is 43.7 Å². The molecule has 2 N–H and O–H groups in total. The fourth-order valence-corrected chi connectivity index (χ4v) is 6.07. The molecule has 0 bridgehead atoms. The number of ketones is 1. The molecule has 1 amide bonds. The lowest BCUT2D eigenvalue weighted by molar-refractivity contribution is 0.0873. The monoisotopic (exact) mass is 584 g/mol. The highest BCUT2D eigenvalue weighted by Crippen LogP contribution is 2.42. The number of Topliss-reactive ketones (excluding diaryl/α,β-unsaturated/α-hetero) is 1. The van der Waals surface area contributed by atoms with Crippen molar-refractivity contribution in [2.24, 2.45) is 5.92 Å². The van der Waals surface area contributed by atoms with E-state index in [9.17, 15) is 14.0 Å². The fraction of sp³-hybridized carbons (Fsp3) is 0.367. The molecule has 2 fully saturated rings. The number of hydrogen-bond acceptors (Lipinski definition) is 6. The quantitative estimate of drug-likeness (QED) is 0.344. The van der Waals surface area contributed by atoms with Crippen LogP contribution in [0.2, 0.25) is 10.0 Å². The Morgan fingerprint density at radius 1 is 1.12 bits per heavy atom. The molecule has 5 rings (SSSR count). The van der Waals surface area contributed by atoms with Gasteiger partial charge in [-0.1, -0.05) is 29.3 Å². The maximum absolute atomic E-state index is 14.1. The minimum atomic E-state index is -0.756. The van der Waals surface area contributed by atoms with Crippen LogP contribution in [0.25, 0.3) is 0 Å². The summed E-state index contributed by atoms with van der Waals surface area (Å²) in [5, 5.41) is 7.50. The van der Waals surface area contributed by atoms with Crippen LogP contribution in [0, 0.1) is 11.7 Å². The molecule has 0 saturated carbocycles. The lowest BCUT2D eigenvalue weighted by atomic mass is 9.77. The van der Waals surface area contributed by atoms with E-state index >= 15 is 0 Å². The molecule has 0 radical (unpaired) electrons. The van der Waals surface area contributed by atoms with Crippen molar-refractivity contribution in [2.75, 3.05) is 26.7 Å². The van der Waals surface area contributed by atoms with Crippen molar-refractivity contribution in [2.45, 2.75) is 37.3 Å². The van der Waals surface area contributed by atoms with Crippen LogP contribution in [0.1, 0.15) is 53.3 Å². The summed E-state index contributed by atoms with van der Waals surface area (Å²) in [6.45, 7) is 3.62. The standard InChI is InChI=1S/C30H31Cl2FN4O3/c1-30(37(2)29(39)40-20-8-6-19(33)7-9-20)17-34-16-23(30)21-14-24(31)25(32)15-22(21)28(38)18-10-12-36-27(13-18)26-5-3-4-11-35-26/h3-9,11,14-15,18,23,27,34,36H,10,12-13,16-17H2,1-2H3/t18?,23-,27?,30+/m1/s1. The molecule has 2 aliphatic heterocycles. The molecule has 2 saturated heterocycles. The number of benzene rings is 2. The second kappa shape index (κ2) is 11.8. The number of likely N-dealkylation sites (N-methyl/N-ethyl adjacent to an activating group) is 1. The largest absolute Gasteiger partial charge is 0.415 e. The number of nitrogens with zero attached hydrogens (tertiary/aromatic N) is 2. The highest BCUT2D eigenvalue weighted by atomic mass is 35.5. The van der Waals surface area contributed by atoms with Crippen molar-refractivity contribution in [1.29, 1.82) is 0 Å². The Hall–Kier alpha value is -3.04. The Kier molecular flexibility index (Phi) is 8.42. The van der Waals surface area contributed by atoms with Crippen molar-refractivity contribution in [3.8, 4) is 5.75 Å². The maximum Gasteiger partial charge on any atom is 0.415 e. The van der Waals surface area contributed by atoms with Gasteiger partial charge >= 0.3 is 6.09 Å². The number of ether oxygens (including phenoxy) is 1. The van der Waals surface area contributed by atoms with Gasteiger partial charge in [-0.05, 0) is 80.4 Å². The van der Waals surface area contributed by atoms with E-state index in [1.807, 2.05) is 25.1 Å². The van der Waals surface area contributed by atoms with Gasteiger partial charge in [-0.2, -0.15) is 0 Å². The first kappa shape index (κ1) is 28.5. The third-order valence-electron chi connectivity index (χ3n) is 8.19. The SMILES string of the molecule is CN(C(=O)Oc1ccc(F)cc1)[C@@]1(C)CNC[C@@H]1c1cc(Cl)c(Cl)cc1C(=O)C1CCNC(c2ccccn2)C1. The highest BCUT2D eigenvalue weighted by Gasteiger charge is 2.47. The second-order valence-electron chi connectivity index (χ2n) is 10.6. The van der Waals surface area contributed by atoms with E-state index in [2.05, 4.69) is 15.6 Å². The van der Waals surface area contributed by atoms with Crippen molar-refractivity contribution in [3.05, 3.63) is 93.5 Å². The van der Waals surface area contributed by atoms with E-state index in [0.717, 1.165) is 11.3 Å². The van der Waals surface area contributed by atoms with E-state index in [0.29, 0.717) is 48.1 Å². The summed E-state index contributed by atoms with van der Waals surface area (Å²) >= 11 is 12.9. The summed E-state index contributed by atoms with van der Waals surface area (Å²) < 4.78 is 18.8. The summed E-state index contributed by atoms with van der Waals surface area (Å²) in [5.74, 6) is -0.687. The normalized spacial score (nSPS) is 24.5. The molecular formula is C30H31Cl2FN4O3. The first-order valence-electron chi connectivity index (χ1n) is 13.3. The third kappa shape index (κ3) is 5.72. The summed E-state index contributed by atoms with van der Waals surface area (Å²) in [6, 6.07) is 14.4.